The van der Waals surface area contributed by atoms with Gasteiger partial charge in [0, 0.05) is 0 Å². The third kappa shape index (κ3) is 4.57. The first-order valence-electron chi connectivity index (χ1n) is 11.9. The van der Waals surface area contributed by atoms with Crippen LogP contribution in [-0.2, 0) is 0 Å². The van der Waals surface area contributed by atoms with Crippen LogP contribution in [0.1, 0.15) is 22.8 Å². The number of nitrogens with zero attached hydrogens (tertiary/aromatic N) is 11. The van der Waals surface area contributed by atoms with Crippen LogP contribution in [0.25, 0.3) is 46.0 Å². The van der Waals surface area contributed by atoms with Crippen LogP contribution in [0.2, 0.25) is 0 Å². The summed E-state index contributed by atoms with van der Waals surface area (Å²) in [4.78, 5) is 96.7. The summed E-state index contributed by atoms with van der Waals surface area (Å²) in [6, 6.07) is 1.73. The second kappa shape index (κ2) is 10.8. The second-order valence-corrected chi connectivity index (χ2v) is 9.01. The van der Waals surface area contributed by atoms with Crippen LogP contribution in [0.4, 0.5) is 34.1 Å². The van der Waals surface area contributed by atoms with Gasteiger partial charge in [-0.25, -0.2) is 20.1 Å². The number of H-pyrrole nitrogens is 1. The van der Waals surface area contributed by atoms with Crippen LogP contribution in [0.3, 0.4) is 0 Å². The van der Waals surface area contributed by atoms with E-state index in [-0.39, 0.29) is 6.08 Å². The fourth-order valence-electron chi connectivity index (χ4n) is 4.86. The number of fused-ring (bicyclic) bond motifs is 8. The van der Waals surface area contributed by atoms with Gasteiger partial charge < -0.3 is 4.98 Å². The van der Waals surface area contributed by atoms with Crippen LogP contribution >= 0.6 is 0 Å². The van der Waals surface area contributed by atoms with E-state index < -0.39 is 129 Å². The topological polar surface area (TPSA) is 392 Å². The molecule has 0 saturated heterocycles. The molecule has 0 aromatic carbocycles. The molecule has 5 heterocycles. The summed E-state index contributed by atoms with van der Waals surface area (Å²) in [5, 5.41) is 96.1. The number of nitrogens with one attached hydrogen (secondary N) is 1. The Hall–Kier alpha value is -8.20. The van der Waals surface area contributed by atoms with E-state index in [1.54, 1.807) is 0 Å². The maximum atomic E-state index is 12.5. The van der Waals surface area contributed by atoms with Gasteiger partial charge in [0.15, 0.2) is 10.7 Å². The highest BCUT2D eigenvalue weighted by atomic mass is 16.7. The monoisotopic (exact) mass is 670 g/mol. The van der Waals surface area contributed by atoms with Gasteiger partial charge in [-0.15, -0.1) is 0 Å². The average Bonchev–Trinajstić information content (AvgIpc) is 3.75. The molecule has 0 spiro atoms. The Balaban J connectivity index is 2.36. The van der Waals surface area contributed by atoms with Gasteiger partial charge >= 0.3 is 39.8 Å². The van der Waals surface area contributed by atoms with E-state index in [1.165, 1.54) is 0 Å². The zero-order valence-corrected chi connectivity index (χ0v) is 22.3. The molecule has 28 heteroatoms. The summed E-state index contributed by atoms with van der Waals surface area (Å²) < 4.78 is -0.836. The Labute approximate surface area is 255 Å². The van der Waals surface area contributed by atoms with Gasteiger partial charge in [-0.3, -0.25) is 70.8 Å². The lowest BCUT2D eigenvalue weighted by atomic mass is 10.2. The SMILES string of the molecule is O=[N+]([O-])C1=Cc2nc1c([N+](=O)[O-])c1c([N+](=O)[O-])c([N+](=O)[O-])c(c([N+](=O)[O-])c3nc(c([N+](=O)[O-])c4ccc([nH]4)c2[N+](=O)[O-])C=C3)n1[N+](=O)[O-]. The summed E-state index contributed by atoms with van der Waals surface area (Å²) in [6.45, 7) is 0. The average molecular weight is 670 g/mol. The molecule has 28 nitrogen and oxygen atoms in total. The van der Waals surface area contributed by atoms with E-state index in [2.05, 4.69) is 15.0 Å². The Morgan fingerprint density at radius 2 is 0.917 bits per heavy atom. The van der Waals surface area contributed by atoms with Crippen molar-refractivity contribution in [1.29, 1.82) is 0 Å². The molecular formula is C20H6N12O16. The van der Waals surface area contributed by atoms with Crippen LogP contribution in [0, 0.1) is 80.9 Å². The molecule has 0 aliphatic carbocycles. The molecule has 0 fully saturated rings. The Kier molecular flexibility index (Phi) is 7.00. The molecule has 5 rings (SSSR count). The molecule has 0 atom stereocenters. The van der Waals surface area contributed by atoms with Gasteiger partial charge in [-0.2, -0.15) is 0 Å². The minimum atomic E-state index is -2.16. The fourth-order valence-corrected chi connectivity index (χ4v) is 4.86. The Morgan fingerprint density at radius 1 is 0.500 bits per heavy atom. The molecule has 0 unspecified atom stereocenters. The van der Waals surface area contributed by atoms with E-state index in [0.29, 0.717) is 6.08 Å². The Morgan fingerprint density at radius 3 is 1.33 bits per heavy atom. The van der Waals surface area contributed by atoms with Gasteiger partial charge in [-0.05, 0) is 29.0 Å². The van der Waals surface area contributed by atoms with Crippen molar-refractivity contribution in [3.8, 4) is 0 Å². The van der Waals surface area contributed by atoms with Crippen molar-refractivity contribution in [1.82, 2.24) is 19.6 Å². The maximum Gasteiger partial charge on any atom is 0.385 e. The number of aromatic nitrogens is 4. The predicted molar refractivity (Wildman–Crippen MR) is 151 cm³/mol. The summed E-state index contributed by atoms with van der Waals surface area (Å²) >= 11 is 0. The van der Waals surface area contributed by atoms with E-state index in [4.69, 9.17) is 0 Å². The second-order valence-electron chi connectivity index (χ2n) is 9.01. The van der Waals surface area contributed by atoms with E-state index in [9.17, 15) is 80.9 Å². The van der Waals surface area contributed by atoms with Crippen molar-refractivity contribution >= 4 is 80.1 Å². The highest BCUT2D eigenvalue weighted by Crippen LogP contribution is 2.48. The van der Waals surface area contributed by atoms with Crippen molar-refractivity contribution < 1.29 is 39.5 Å². The molecule has 3 aromatic heterocycles. The molecular weight excluding hydrogens is 664 g/mol. The largest absolute Gasteiger partial charge is 0.385 e. The first-order valence-corrected chi connectivity index (χ1v) is 11.9. The lowest BCUT2D eigenvalue weighted by Crippen LogP contribution is -2.12. The van der Waals surface area contributed by atoms with Crippen molar-refractivity contribution in [2.24, 2.45) is 0 Å². The minimum Gasteiger partial charge on any atom is -0.344 e. The van der Waals surface area contributed by atoms with E-state index in [0.717, 1.165) is 18.2 Å². The van der Waals surface area contributed by atoms with Crippen molar-refractivity contribution in [3.05, 3.63) is 116 Å². The molecule has 0 radical (unpaired) electrons. The summed E-state index contributed by atoms with van der Waals surface area (Å²) in [5.41, 5.74) is -21.8. The third-order valence-corrected chi connectivity index (χ3v) is 6.54. The summed E-state index contributed by atoms with van der Waals surface area (Å²) in [6.07, 6.45) is 1.55. The Bertz CT molecular complexity index is 2390. The molecule has 2 aliphatic heterocycles. The van der Waals surface area contributed by atoms with Crippen molar-refractivity contribution in [3.63, 3.8) is 0 Å². The molecule has 242 valence electrons. The first kappa shape index (κ1) is 31.2. The normalized spacial score (nSPS) is 11.9. The minimum absolute atomic E-state index is 0.244. The number of rotatable bonds is 8. The van der Waals surface area contributed by atoms with Crippen LogP contribution in [0.15, 0.2) is 12.1 Å². The number of hydrogen-bond acceptors (Lipinski definition) is 18. The van der Waals surface area contributed by atoms with Crippen LogP contribution in [-0.4, -0.2) is 59.1 Å². The van der Waals surface area contributed by atoms with Gasteiger partial charge in [0.1, 0.15) is 22.4 Å². The van der Waals surface area contributed by atoms with Gasteiger partial charge in [0.25, 0.3) is 11.0 Å². The zero-order chi connectivity index (χ0) is 35.5. The summed E-state index contributed by atoms with van der Waals surface area (Å²) in [5.74, 6) is 0. The quantitative estimate of drug-likeness (QED) is 0.207. The third-order valence-electron chi connectivity index (χ3n) is 6.54. The predicted octanol–water partition coefficient (Wildman–Crippen LogP) is 3.22. The van der Waals surface area contributed by atoms with Crippen molar-refractivity contribution in [2.45, 2.75) is 0 Å². The van der Waals surface area contributed by atoms with Gasteiger partial charge in [0.2, 0.25) is 5.69 Å². The lowest BCUT2D eigenvalue weighted by molar-refractivity contribution is -0.535. The smallest absolute Gasteiger partial charge is 0.344 e. The van der Waals surface area contributed by atoms with Gasteiger partial charge in [0.05, 0.1) is 40.5 Å². The van der Waals surface area contributed by atoms with Crippen LogP contribution in [0.5, 0.6) is 0 Å². The van der Waals surface area contributed by atoms with E-state index in [1.807, 2.05) is 0 Å². The standard InChI is InChI=1S/C20H6N12O16/c33-25(34)11-5-10-14(27(37)38)8-2-1-6(21-8)13(26(35)36)7-3-4-9(22-7)15(28(39)40)17-19(30(43)44)20(31(45)46)18(24(17)32(47)48)16(29(41)42)12(11)23-10/h1-5,21H. The zero-order valence-electron chi connectivity index (χ0n) is 22.3. The number of nitro groups is 8. The van der Waals surface area contributed by atoms with E-state index >= 15 is 0 Å². The number of hydrogen-bond donors (Lipinski definition) is 1. The lowest BCUT2D eigenvalue weighted by Gasteiger charge is -1.98. The molecule has 0 amide bonds. The highest BCUT2D eigenvalue weighted by molar-refractivity contribution is 6.01. The maximum absolute atomic E-state index is 12.5. The molecule has 3 aromatic rings. The molecule has 0 saturated carbocycles. The molecule has 8 bridgehead atoms. The van der Waals surface area contributed by atoms with Crippen molar-refractivity contribution in [2.75, 3.05) is 0 Å². The first-order chi connectivity index (χ1) is 22.5. The number of aromatic amines is 1. The molecule has 48 heavy (non-hydrogen) atoms. The summed E-state index contributed by atoms with van der Waals surface area (Å²) in [7, 11) is 0. The van der Waals surface area contributed by atoms with Gasteiger partial charge in [-0.1, -0.05) is 0 Å². The molecule has 2 aliphatic rings. The highest BCUT2D eigenvalue weighted by Gasteiger charge is 2.50. The fraction of sp³-hybridized carbons (Fsp3) is 0. The molecule has 1 N–H and O–H groups in total. The van der Waals surface area contributed by atoms with Crippen LogP contribution < -0.4 is 0 Å².